The predicted molar refractivity (Wildman–Crippen MR) is 94.5 cm³/mol. The third kappa shape index (κ3) is 4.07. The number of rotatable bonds is 4. The molecule has 1 aliphatic heterocycles. The Labute approximate surface area is 147 Å². The number of sulfone groups is 1. The molecule has 4 nitrogen and oxygen atoms in total. The Hall–Kier alpha value is -2.21. The molecule has 0 aromatic heterocycles. The van der Waals surface area contributed by atoms with Crippen molar-refractivity contribution in [1.82, 2.24) is 4.90 Å². The van der Waals surface area contributed by atoms with E-state index in [-0.39, 0.29) is 24.0 Å². The van der Waals surface area contributed by atoms with Crippen LogP contribution >= 0.6 is 0 Å². The average molecular weight is 361 g/mol. The van der Waals surface area contributed by atoms with E-state index >= 15 is 0 Å². The van der Waals surface area contributed by atoms with E-state index in [4.69, 9.17) is 0 Å². The van der Waals surface area contributed by atoms with Crippen LogP contribution in [-0.2, 0) is 16.4 Å². The second kappa shape index (κ2) is 6.96. The van der Waals surface area contributed by atoms with Gasteiger partial charge in [0.05, 0.1) is 11.5 Å². The van der Waals surface area contributed by atoms with Crippen molar-refractivity contribution in [3.8, 4) is 0 Å². The van der Waals surface area contributed by atoms with Crippen LogP contribution in [0.5, 0.6) is 0 Å². The number of benzene rings is 2. The molecular weight excluding hydrogens is 341 g/mol. The molecule has 0 N–H and O–H groups in total. The summed E-state index contributed by atoms with van der Waals surface area (Å²) in [5.74, 6) is -0.676. The van der Waals surface area contributed by atoms with Crippen LogP contribution in [0.15, 0.2) is 48.5 Å². The normalized spacial score (nSPS) is 18.9. The summed E-state index contributed by atoms with van der Waals surface area (Å²) in [4.78, 5) is 14.5. The van der Waals surface area contributed by atoms with E-state index < -0.39 is 21.7 Å². The van der Waals surface area contributed by atoms with Crippen LogP contribution in [-0.4, -0.2) is 36.8 Å². The minimum Gasteiger partial charge on any atom is -0.330 e. The molecule has 1 aliphatic rings. The molecular formula is C19H20FNO3S. The highest BCUT2D eigenvalue weighted by Gasteiger charge is 2.35. The molecule has 0 bridgehead atoms. The lowest BCUT2D eigenvalue weighted by atomic mass is 10.1. The Morgan fingerprint density at radius 2 is 1.96 bits per heavy atom. The first-order valence-electron chi connectivity index (χ1n) is 8.17. The molecule has 0 aliphatic carbocycles. The van der Waals surface area contributed by atoms with E-state index in [1.807, 2.05) is 13.0 Å². The van der Waals surface area contributed by atoms with Gasteiger partial charge in [-0.05, 0) is 31.5 Å². The van der Waals surface area contributed by atoms with Gasteiger partial charge in [0.25, 0.3) is 5.91 Å². The molecule has 2 aromatic rings. The lowest BCUT2D eigenvalue weighted by molar-refractivity contribution is 0.0679. The highest BCUT2D eigenvalue weighted by Crippen LogP contribution is 2.23. The van der Waals surface area contributed by atoms with Gasteiger partial charge < -0.3 is 4.90 Å². The molecule has 6 heteroatoms. The molecule has 1 fully saturated rings. The van der Waals surface area contributed by atoms with Crippen LogP contribution < -0.4 is 0 Å². The van der Waals surface area contributed by atoms with Crippen LogP contribution in [0.3, 0.4) is 0 Å². The number of nitrogens with zero attached hydrogens (tertiary/aromatic N) is 1. The van der Waals surface area contributed by atoms with Crippen LogP contribution in [0.1, 0.15) is 27.9 Å². The third-order valence-corrected chi connectivity index (χ3v) is 6.22. The van der Waals surface area contributed by atoms with E-state index in [1.54, 1.807) is 36.4 Å². The first-order valence-corrected chi connectivity index (χ1v) is 9.99. The quantitative estimate of drug-likeness (QED) is 0.841. The molecule has 1 saturated heterocycles. The maximum absolute atomic E-state index is 14.1. The molecule has 25 heavy (non-hydrogen) atoms. The molecule has 0 saturated carbocycles. The maximum Gasteiger partial charge on any atom is 0.254 e. The minimum absolute atomic E-state index is 0.0552. The van der Waals surface area contributed by atoms with Crippen LogP contribution in [0, 0.1) is 12.7 Å². The highest BCUT2D eigenvalue weighted by molar-refractivity contribution is 7.91. The van der Waals surface area contributed by atoms with Gasteiger partial charge in [-0.1, -0.05) is 35.9 Å². The first-order chi connectivity index (χ1) is 11.9. The summed E-state index contributed by atoms with van der Waals surface area (Å²) in [5.41, 5.74) is 1.81. The number of carbonyl (C=O) groups is 1. The second-order valence-corrected chi connectivity index (χ2v) is 8.68. The van der Waals surface area contributed by atoms with Crippen molar-refractivity contribution in [2.45, 2.75) is 25.9 Å². The Balaban J connectivity index is 1.94. The molecule has 132 valence electrons. The summed E-state index contributed by atoms with van der Waals surface area (Å²) in [6.07, 6.45) is 0.383. The Bertz CT molecular complexity index is 895. The summed E-state index contributed by atoms with van der Waals surface area (Å²) in [6.45, 7) is 1.94. The summed E-state index contributed by atoms with van der Waals surface area (Å²) < 4.78 is 37.8. The molecule has 1 unspecified atom stereocenters. The van der Waals surface area contributed by atoms with Gasteiger partial charge in [-0.3, -0.25) is 4.79 Å². The summed E-state index contributed by atoms with van der Waals surface area (Å²) in [6, 6.07) is 13.0. The smallest absolute Gasteiger partial charge is 0.254 e. The SMILES string of the molecule is Cc1cccc(C(=O)N(Cc2ccccc2F)C2CCS(=O)(=O)C2)c1. The molecule has 1 amide bonds. The maximum atomic E-state index is 14.1. The van der Waals surface area contributed by atoms with Crippen molar-refractivity contribution in [3.05, 3.63) is 71.0 Å². The van der Waals surface area contributed by atoms with Crippen molar-refractivity contribution < 1.29 is 17.6 Å². The summed E-state index contributed by atoms with van der Waals surface area (Å²) >= 11 is 0. The van der Waals surface area contributed by atoms with E-state index in [0.29, 0.717) is 17.5 Å². The molecule has 0 radical (unpaired) electrons. The number of hydrogen-bond donors (Lipinski definition) is 0. The van der Waals surface area contributed by atoms with Gasteiger partial charge in [-0.25, -0.2) is 12.8 Å². The van der Waals surface area contributed by atoms with Crippen LogP contribution in [0.2, 0.25) is 0 Å². The van der Waals surface area contributed by atoms with Crippen molar-refractivity contribution in [2.75, 3.05) is 11.5 Å². The van der Waals surface area contributed by atoms with Crippen LogP contribution in [0.4, 0.5) is 4.39 Å². The minimum atomic E-state index is -3.15. The first kappa shape index (κ1) is 17.6. The van der Waals surface area contributed by atoms with Gasteiger partial charge in [0, 0.05) is 23.7 Å². The standard InChI is InChI=1S/C19H20FNO3S/c1-14-5-4-7-15(11-14)19(22)21(17-9-10-25(23,24)13-17)12-16-6-2-3-8-18(16)20/h2-8,11,17H,9-10,12-13H2,1H3. The topological polar surface area (TPSA) is 54.5 Å². The highest BCUT2D eigenvalue weighted by atomic mass is 32.2. The predicted octanol–water partition coefficient (Wildman–Crippen LogP) is 2.96. The number of hydrogen-bond acceptors (Lipinski definition) is 3. The largest absolute Gasteiger partial charge is 0.330 e. The number of amides is 1. The van der Waals surface area contributed by atoms with Crippen molar-refractivity contribution in [2.24, 2.45) is 0 Å². The lowest BCUT2D eigenvalue weighted by Crippen LogP contribution is -2.40. The van der Waals surface area contributed by atoms with Crippen LogP contribution in [0.25, 0.3) is 0 Å². The number of halogens is 1. The fraction of sp³-hybridized carbons (Fsp3) is 0.316. The van der Waals surface area contributed by atoms with Crippen molar-refractivity contribution >= 4 is 15.7 Å². The second-order valence-electron chi connectivity index (χ2n) is 6.45. The van der Waals surface area contributed by atoms with Crippen molar-refractivity contribution in [3.63, 3.8) is 0 Å². The summed E-state index contributed by atoms with van der Waals surface area (Å²) in [7, 11) is -3.15. The number of carbonyl (C=O) groups excluding carboxylic acids is 1. The lowest BCUT2D eigenvalue weighted by Gasteiger charge is -2.29. The molecule has 3 rings (SSSR count). The Morgan fingerprint density at radius 3 is 2.60 bits per heavy atom. The molecule has 1 atom stereocenters. The van der Waals surface area contributed by atoms with E-state index in [1.165, 1.54) is 11.0 Å². The molecule has 0 spiro atoms. The Kier molecular flexibility index (Phi) is 4.90. The zero-order valence-corrected chi connectivity index (χ0v) is 14.8. The average Bonchev–Trinajstić information content (AvgIpc) is 2.93. The monoisotopic (exact) mass is 361 g/mol. The van der Waals surface area contributed by atoms with E-state index in [2.05, 4.69) is 0 Å². The molecule has 1 heterocycles. The zero-order valence-electron chi connectivity index (χ0n) is 14.0. The van der Waals surface area contributed by atoms with Crippen molar-refractivity contribution in [1.29, 1.82) is 0 Å². The fourth-order valence-electron chi connectivity index (χ4n) is 3.14. The van der Waals surface area contributed by atoms with Gasteiger partial charge in [0.1, 0.15) is 5.82 Å². The van der Waals surface area contributed by atoms with E-state index in [9.17, 15) is 17.6 Å². The zero-order chi connectivity index (χ0) is 18.0. The summed E-state index contributed by atoms with van der Waals surface area (Å²) in [5, 5.41) is 0. The third-order valence-electron chi connectivity index (χ3n) is 4.47. The number of aryl methyl sites for hydroxylation is 1. The van der Waals surface area contributed by atoms with Gasteiger partial charge in [-0.2, -0.15) is 0 Å². The fourth-order valence-corrected chi connectivity index (χ4v) is 4.87. The Morgan fingerprint density at radius 1 is 1.20 bits per heavy atom. The van der Waals surface area contributed by atoms with Gasteiger partial charge in [0.15, 0.2) is 9.84 Å². The van der Waals surface area contributed by atoms with Gasteiger partial charge in [0.2, 0.25) is 0 Å². The van der Waals surface area contributed by atoms with E-state index in [0.717, 1.165) is 5.56 Å². The van der Waals surface area contributed by atoms with Gasteiger partial charge >= 0.3 is 0 Å². The molecule has 2 aromatic carbocycles. The van der Waals surface area contributed by atoms with Gasteiger partial charge in [-0.15, -0.1) is 0 Å².